The van der Waals surface area contributed by atoms with E-state index in [4.69, 9.17) is 0 Å². The van der Waals surface area contributed by atoms with E-state index in [1.807, 2.05) is 9.80 Å². The fourth-order valence-electron chi connectivity index (χ4n) is 4.74. The van der Waals surface area contributed by atoms with Crippen LogP contribution in [0, 0.1) is 18.8 Å². The van der Waals surface area contributed by atoms with Crippen LogP contribution in [-0.2, 0) is 22.4 Å². The number of hydrogen-bond acceptors (Lipinski definition) is 2. The van der Waals surface area contributed by atoms with Gasteiger partial charge in [-0.1, -0.05) is 60.2 Å². The number of benzene rings is 2. The second kappa shape index (κ2) is 9.46. The maximum absolute atomic E-state index is 13.0. The van der Waals surface area contributed by atoms with E-state index in [-0.39, 0.29) is 17.7 Å². The summed E-state index contributed by atoms with van der Waals surface area (Å²) in [5, 5.41) is 0. The van der Waals surface area contributed by atoms with Gasteiger partial charge < -0.3 is 9.80 Å². The molecule has 4 heteroatoms. The van der Waals surface area contributed by atoms with Crippen molar-refractivity contribution in [1.29, 1.82) is 0 Å². The zero-order chi connectivity index (χ0) is 20.9. The molecule has 2 saturated heterocycles. The molecule has 0 saturated carbocycles. The summed E-state index contributed by atoms with van der Waals surface area (Å²) < 4.78 is 0. The Balaban J connectivity index is 1.24. The van der Waals surface area contributed by atoms with E-state index in [0.717, 1.165) is 38.8 Å². The maximum atomic E-state index is 13.0. The largest absolute Gasteiger partial charge is 0.342 e. The molecule has 2 aromatic carbocycles. The lowest BCUT2D eigenvalue weighted by Gasteiger charge is -2.33. The molecule has 2 heterocycles. The molecule has 4 rings (SSSR count). The molecular formula is C26H32N2O2. The first-order valence-corrected chi connectivity index (χ1v) is 11.2. The van der Waals surface area contributed by atoms with Gasteiger partial charge in [0.15, 0.2) is 0 Å². The molecule has 0 N–H and O–H groups in total. The van der Waals surface area contributed by atoms with Crippen LogP contribution in [-0.4, -0.2) is 47.8 Å². The van der Waals surface area contributed by atoms with Gasteiger partial charge in [-0.05, 0) is 49.7 Å². The molecule has 0 aromatic heterocycles. The highest BCUT2D eigenvalue weighted by molar-refractivity contribution is 5.89. The molecule has 4 nitrogen and oxygen atoms in total. The standard InChI is InChI=1S/C26H32N2O2/c1-20-7-9-21(10-8-20)11-16-28-19-24(18-25(28)29)26(30)27-14-12-23(13-15-27)17-22-5-3-2-4-6-22/h2-10,23-24H,11-19H2,1H3. The van der Waals surface area contributed by atoms with Crippen LogP contribution in [0.3, 0.4) is 0 Å². The normalized spacial score (nSPS) is 20.0. The van der Waals surface area contributed by atoms with Crippen LogP contribution in [0.2, 0.25) is 0 Å². The SMILES string of the molecule is Cc1ccc(CCN2CC(C(=O)N3CCC(Cc4ccccc4)CC3)CC2=O)cc1. The fraction of sp³-hybridized carbons (Fsp3) is 0.462. The van der Waals surface area contributed by atoms with Gasteiger partial charge in [-0.25, -0.2) is 0 Å². The lowest BCUT2D eigenvalue weighted by Crippen LogP contribution is -2.42. The van der Waals surface area contributed by atoms with E-state index in [1.54, 1.807) is 0 Å². The summed E-state index contributed by atoms with van der Waals surface area (Å²) >= 11 is 0. The van der Waals surface area contributed by atoms with Gasteiger partial charge in [-0.15, -0.1) is 0 Å². The molecule has 2 aliphatic rings. The Labute approximate surface area is 179 Å². The molecule has 1 unspecified atom stereocenters. The minimum absolute atomic E-state index is 0.124. The summed E-state index contributed by atoms with van der Waals surface area (Å²) in [5.74, 6) is 0.785. The zero-order valence-corrected chi connectivity index (χ0v) is 17.9. The molecule has 0 spiro atoms. The first kappa shape index (κ1) is 20.6. The molecule has 1 atom stereocenters. The average Bonchev–Trinajstić information content (AvgIpc) is 3.15. The van der Waals surface area contributed by atoms with Crippen LogP contribution in [0.25, 0.3) is 0 Å². The van der Waals surface area contributed by atoms with E-state index in [0.29, 0.717) is 25.4 Å². The zero-order valence-electron chi connectivity index (χ0n) is 17.9. The second-order valence-corrected chi connectivity index (χ2v) is 8.93. The third kappa shape index (κ3) is 5.10. The number of nitrogens with zero attached hydrogens (tertiary/aromatic N) is 2. The van der Waals surface area contributed by atoms with Gasteiger partial charge in [0.1, 0.15) is 0 Å². The van der Waals surface area contributed by atoms with Gasteiger partial charge in [0.2, 0.25) is 11.8 Å². The van der Waals surface area contributed by atoms with E-state index in [9.17, 15) is 9.59 Å². The lowest BCUT2D eigenvalue weighted by atomic mass is 9.89. The van der Waals surface area contributed by atoms with Gasteiger partial charge in [-0.2, -0.15) is 0 Å². The number of carbonyl (C=O) groups excluding carboxylic acids is 2. The molecular weight excluding hydrogens is 372 g/mol. The fourth-order valence-corrected chi connectivity index (χ4v) is 4.74. The first-order chi connectivity index (χ1) is 14.6. The Morgan fingerprint density at radius 2 is 1.67 bits per heavy atom. The predicted molar refractivity (Wildman–Crippen MR) is 119 cm³/mol. The van der Waals surface area contributed by atoms with Crippen LogP contribution < -0.4 is 0 Å². The summed E-state index contributed by atoms with van der Waals surface area (Å²) in [6, 6.07) is 19.1. The van der Waals surface area contributed by atoms with Crippen molar-refractivity contribution < 1.29 is 9.59 Å². The van der Waals surface area contributed by atoms with Crippen molar-refractivity contribution >= 4 is 11.8 Å². The Bertz CT molecular complexity index is 854. The second-order valence-electron chi connectivity index (χ2n) is 8.93. The van der Waals surface area contributed by atoms with Crippen LogP contribution in [0.5, 0.6) is 0 Å². The van der Waals surface area contributed by atoms with E-state index in [2.05, 4.69) is 61.5 Å². The van der Waals surface area contributed by atoms with Crippen molar-refractivity contribution in [3.8, 4) is 0 Å². The van der Waals surface area contributed by atoms with Gasteiger partial charge in [0.25, 0.3) is 0 Å². The number of piperidine rings is 1. The highest BCUT2D eigenvalue weighted by Crippen LogP contribution is 2.26. The third-order valence-electron chi connectivity index (χ3n) is 6.65. The topological polar surface area (TPSA) is 40.6 Å². The summed E-state index contributed by atoms with van der Waals surface area (Å²) in [6.07, 6.45) is 4.42. The number of carbonyl (C=O) groups is 2. The van der Waals surface area contributed by atoms with E-state index < -0.39 is 0 Å². The van der Waals surface area contributed by atoms with Gasteiger partial charge in [-0.3, -0.25) is 9.59 Å². The van der Waals surface area contributed by atoms with Crippen LogP contribution in [0.1, 0.15) is 36.0 Å². The van der Waals surface area contributed by atoms with Crippen molar-refractivity contribution in [2.24, 2.45) is 11.8 Å². The molecule has 2 aliphatic heterocycles. The number of hydrogen-bond donors (Lipinski definition) is 0. The molecule has 30 heavy (non-hydrogen) atoms. The van der Waals surface area contributed by atoms with Gasteiger partial charge >= 0.3 is 0 Å². The lowest BCUT2D eigenvalue weighted by molar-refractivity contribution is -0.137. The molecule has 2 aromatic rings. The minimum Gasteiger partial charge on any atom is -0.342 e. The van der Waals surface area contributed by atoms with Gasteiger partial charge in [0, 0.05) is 32.6 Å². The monoisotopic (exact) mass is 404 g/mol. The molecule has 158 valence electrons. The van der Waals surface area contributed by atoms with Gasteiger partial charge in [0.05, 0.1) is 5.92 Å². The number of amides is 2. The minimum atomic E-state index is -0.166. The van der Waals surface area contributed by atoms with Crippen LogP contribution >= 0.6 is 0 Å². The van der Waals surface area contributed by atoms with Crippen molar-refractivity contribution in [3.63, 3.8) is 0 Å². The highest BCUT2D eigenvalue weighted by Gasteiger charge is 2.37. The quantitative estimate of drug-likeness (QED) is 0.733. The first-order valence-electron chi connectivity index (χ1n) is 11.2. The Hall–Kier alpha value is -2.62. The predicted octanol–water partition coefficient (Wildman–Crippen LogP) is 3.87. The Morgan fingerprint density at radius 1 is 0.967 bits per heavy atom. The molecule has 0 radical (unpaired) electrons. The van der Waals surface area contributed by atoms with Crippen LogP contribution in [0.4, 0.5) is 0 Å². The van der Waals surface area contributed by atoms with Crippen molar-refractivity contribution in [2.75, 3.05) is 26.2 Å². The Kier molecular flexibility index (Phi) is 6.51. The third-order valence-corrected chi connectivity index (χ3v) is 6.65. The van der Waals surface area contributed by atoms with Crippen molar-refractivity contribution in [3.05, 3.63) is 71.3 Å². The maximum Gasteiger partial charge on any atom is 0.227 e. The summed E-state index contributed by atoms with van der Waals surface area (Å²) in [4.78, 5) is 29.4. The molecule has 2 fully saturated rings. The molecule has 2 amide bonds. The molecule has 0 aliphatic carbocycles. The summed E-state index contributed by atoms with van der Waals surface area (Å²) in [7, 11) is 0. The van der Waals surface area contributed by atoms with Crippen molar-refractivity contribution in [1.82, 2.24) is 9.80 Å². The summed E-state index contributed by atoms with van der Waals surface area (Å²) in [6.45, 7) is 5.00. The van der Waals surface area contributed by atoms with Crippen molar-refractivity contribution in [2.45, 2.75) is 39.0 Å². The number of aryl methyl sites for hydroxylation is 1. The Morgan fingerprint density at radius 3 is 2.37 bits per heavy atom. The molecule has 0 bridgehead atoms. The summed E-state index contributed by atoms with van der Waals surface area (Å²) in [5.41, 5.74) is 3.87. The number of rotatable bonds is 6. The number of likely N-dealkylation sites (tertiary alicyclic amines) is 2. The van der Waals surface area contributed by atoms with Crippen LogP contribution in [0.15, 0.2) is 54.6 Å². The van der Waals surface area contributed by atoms with E-state index >= 15 is 0 Å². The smallest absolute Gasteiger partial charge is 0.227 e. The average molecular weight is 405 g/mol. The van der Waals surface area contributed by atoms with E-state index in [1.165, 1.54) is 16.7 Å². The highest BCUT2D eigenvalue weighted by atomic mass is 16.2.